The molecule has 0 unspecified atom stereocenters. The fraction of sp³-hybridized carbons (Fsp3) is 0.182. The van der Waals surface area contributed by atoms with E-state index in [0.29, 0.717) is 6.42 Å². The highest BCUT2D eigenvalue weighted by Crippen LogP contribution is 2.03. The molecule has 0 saturated heterocycles. The minimum absolute atomic E-state index is 0.439. The van der Waals surface area contributed by atoms with Crippen LogP contribution in [-0.2, 0) is 11.2 Å². The van der Waals surface area contributed by atoms with Gasteiger partial charge in [0.05, 0.1) is 0 Å². The average molecular weight is 221 g/mol. The van der Waals surface area contributed by atoms with E-state index >= 15 is 0 Å². The number of carbonyl (C=O) groups is 2. The lowest BCUT2D eigenvalue weighted by Crippen LogP contribution is -2.41. The van der Waals surface area contributed by atoms with Crippen molar-refractivity contribution < 1.29 is 14.7 Å². The first-order valence-electron chi connectivity index (χ1n) is 4.75. The van der Waals surface area contributed by atoms with Crippen molar-refractivity contribution in [3.63, 3.8) is 0 Å². The number of carbonyl (C=O) groups excluding carboxylic acids is 2. The van der Waals surface area contributed by atoms with E-state index in [4.69, 9.17) is 5.73 Å². The van der Waals surface area contributed by atoms with Crippen LogP contribution in [-0.4, -0.2) is 23.1 Å². The van der Waals surface area contributed by atoms with Gasteiger partial charge in [0, 0.05) is 6.42 Å². The van der Waals surface area contributed by atoms with Gasteiger partial charge in [-0.3, -0.25) is 10.1 Å². The molecule has 1 atom stereocenters. The predicted octanol–water partition coefficient (Wildman–Crippen LogP) is -0.0108. The molecule has 0 aliphatic carbocycles. The molecule has 3 amide bonds. The minimum atomic E-state index is -1.34. The van der Waals surface area contributed by atoms with Crippen molar-refractivity contribution in [2.45, 2.75) is 12.5 Å². The number of primary amides is 1. The SMILES string of the molecule is NC(=O)NC(=O)[C@@H](O)[CH]Cc1ccccc1. The number of imide groups is 1. The molecule has 5 nitrogen and oxygen atoms in total. The molecule has 1 radical (unpaired) electrons. The molecule has 0 bridgehead atoms. The van der Waals surface area contributed by atoms with Gasteiger partial charge < -0.3 is 10.8 Å². The maximum absolute atomic E-state index is 11.1. The Morgan fingerprint density at radius 3 is 2.56 bits per heavy atom. The van der Waals surface area contributed by atoms with Crippen LogP contribution in [0.4, 0.5) is 4.79 Å². The van der Waals surface area contributed by atoms with Gasteiger partial charge in [-0.25, -0.2) is 4.79 Å². The number of hydrogen-bond donors (Lipinski definition) is 3. The molecule has 1 rings (SSSR count). The monoisotopic (exact) mass is 221 g/mol. The maximum atomic E-state index is 11.1. The lowest BCUT2D eigenvalue weighted by molar-refractivity contribution is -0.126. The number of nitrogens with two attached hydrogens (primary N) is 1. The summed E-state index contributed by atoms with van der Waals surface area (Å²) >= 11 is 0. The molecule has 4 N–H and O–H groups in total. The first kappa shape index (κ1) is 12.2. The Kier molecular flexibility index (Phi) is 4.47. The third-order valence-electron chi connectivity index (χ3n) is 1.93. The number of nitrogens with one attached hydrogen (secondary N) is 1. The first-order chi connectivity index (χ1) is 7.59. The molecule has 0 aliphatic heterocycles. The van der Waals surface area contributed by atoms with E-state index in [9.17, 15) is 14.7 Å². The van der Waals surface area contributed by atoms with Crippen molar-refractivity contribution in [1.29, 1.82) is 0 Å². The van der Waals surface area contributed by atoms with Crippen LogP contribution in [0.5, 0.6) is 0 Å². The average Bonchev–Trinajstić information content (AvgIpc) is 2.26. The number of urea groups is 1. The van der Waals surface area contributed by atoms with Gasteiger partial charge in [-0.05, 0) is 12.0 Å². The Hall–Kier alpha value is -1.88. The topological polar surface area (TPSA) is 92.4 Å². The smallest absolute Gasteiger partial charge is 0.318 e. The highest BCUT2D eigenvalue weighted by atomic mass is 16.3. The van der Waals surface area contributed by atoms with Crippen LogP contribution in [0.1, 0.15) is 5.56 Å². The fourth-order valence-electron chi connectivity index (χ4n) is 1.16. The van der Waals surface area contributed by atoms with Gasteiger partial charge in [0.2, 0.25) is 0 Å². The summed E-state index contributed by atoms with van der Waals surface area (Å²) in [7, 11) is 0. The zero-order chi connectivity index (χ0) is 12.0. The van der Waals surface area contributed by atoms with E-state index < -0.39 is 18.0 Å². The summed E-state index contributed by atoms with van der Waals surface area (Å²) in [4.78, 5) is 21.4. The van der Waals surface area contributed by atoms with Crippen molar-refractivity contribution in [1.82, 2.24) is 5.32 Å². The molecular weight excluding hydrogens is 208 g/mol. The molecule has 16 heavy (non-hydrogen) atoms. The van der Waals surface area contributed by atoms with Gasteiger partial charge in [0.25, 0.3) is 5.91 Å². The fourth-order valence-corrected chi connectivity index (χ4v) is 1.16. The number of hydrogen-bond acceptors (Lipinski definition) is 3. The lowest BCUT2D eigenvalue weighted by atomic mass is 10.1. The van der Waals surface area contributed by atoms with Gasteiger partial charge >= 0.3 is 6.03 Å². The third kappa shape index (κ3) is 4.10. The molecule has 85 valence electrons. The molecule has 0 spiro atoms. The van der Waals surface area contributed by atoms with E-state index in [1.165, 1.54) is 6.42 Å². The largest absolute Gasteiger partial charge is 0.383 e. The van der Waals surface area contributed by atoms with Gasteiger partial charge in [0.1, 0.15) is 6.10 Å². The van der Waals surface area contributed by atoms with Crippen molar-refractivity contribution in [2.75, 3.05) is 0 Å². The van der Waals surface area contributed by atoms with E-state index in [0.717, 1.165) is 5.56 Å². The summed E-state index contributed by atoms with van der Waals surface area (Å²) in [5.74, 6) is -0.816. The summed E-state index contributed by atoms with van der Waals surface area (Å²) in [6.07, 6.45) is 0.495. The zero-order valence-corrected chi connectivity index (χ0v) is 8.59. The van der Waals surface area contributed by atoms with E-state index in [1.54, 1.807) is 5.32 Å². The molecule has 1 aromatic rings. The minimum Gasteiger partial charge on any atom is -0.383 e. The second-order valence-corrected chi connectivity index (χ2v) is 3.22. The molecular formula is C11H13N2O3. The second kappa shape index (κ2) is 5.87. The van der Waals surface area contributed by atoms with Crippen LogP contribution in [0.15, 0.2) is 30.3 Å². The Morgan fingerprint density at radius 1 is 1.38 bits per heavy atom. The van der Waals surface area contributed by atoms with Gasteiger partial charge in [0.15, 0.2) is 0 Å². The van der Waals surface area contributed by atoms with Crippen LogP contribution in [0, 0.1) is 6.42 Å². The molecule has 0 heterocycles. The number of benzene rings is 1. The highest BCUT2D eigenvalue weighted by Gasteiger charge is 2.16. The van der Waals surface area contributed by atoms with Crippen LogP contribution in [0.2, 0.25) is 0 Å². The summed E-state index contributed by atoms with van der Waals surface area (Å²) < 4.78 is 0. The van der Waals surface area contributed by atoms with Crippen LogP contribution in [0.3, 0.4) is 0 Å². The summed E-state index contributed by atoms with van der Waals surface area (Å²) in [6.45, 7) is 0. The van der Waals surface area contributed by atoms with Crippen molar-refractivity contribution in [2.24, 2.45) is 5.73 Å². The third-order valence-corrected chi connectivity index (χ3v) is 1.93. The number of rotatable bonds is 4. The molecule has 1 aromatic carbocycles. The number of aliphatic hydroxyl groups excluding tert-OH is 1. The normalized spacial score (nSPS) is 11.8. The van der Waals surface area contributed by atoms with Crippen molar-refractivity contribution in [3.8, 4) is 0 Å². The maximum Gasteiger partial charge on any atom is 0.318 e. The van der Waals surface area contributed by atoms with Crippen LogP contribution < -0.4 is 11.1 Å². The second-order valence-electron chi connectivity index (χ2n) is 3.22. The predicted molar refractivity (Wildman–Crippen MR) is 58.2 cm³/mol. The lowest BCUT2D eigenvalue weighted by Gasteiger charge is -2.08. The van der Waals surface area contributed by atoms with E-state index in [-0.39, 0.29) is 0 Å². The van der Waals surface area contributed by atoms with Crippen LogP contribution in [0.25, 0.3) is 0 Å². The molecule has 0 aromatic heterocycles. The molecule has 0 fully saturated rings. The molecule has 5 heteroatoms. The Bertz CT molecular complexity index is 365. The quantitative estimate of drug-likeness (QED) is 0.667. The molecule has 0 aliphatic rings. The van der Waals surface area contributed by atoms with Crippen molar-refractivity contribution in [3.05, 3.63) is 42.3 Å². The summed E-state index contributed by atoms with van der Waals surface area (Å²) in [5.41, 5.74) is 5.71. The standard InChI is InChI=1S/C11H13N2O3/c12-11(16)13-10(15)9(14)7-6-8-4-2-1-3-5-8/h1-5,7,9,14H,6H2,(H3,12,13,15,16)/t9-/m0/s1. The van der Waals surface area contributed by atoms with Crippen molar-refractivity contribution >= 4 is 11.9 Å². The molecule has 0 saturated carbocycles. The van der Waals surface area contributed by atoms with Crippen LogP contribution >= 0.6 is 0 Å². The van der Waals surface area contributed by atoms with Gasteiger partial charge in [-0.15, -0.1) is 0 Å². The van der Waals surface area contributed by atoms with E-state index in [2.05, 4.69) is 0 Å². The Labute approximate surface area is 93.3 Å². The summed E-state index contributed by atoms with van der Waals surface area (Å²) in [6, 6.07) is 8.36. The number of amides is 3. The first-order valence-corrected chi connectivity index (χ1v) is 4.75. The number of aliphatic hydroxyl groups is 1. The Balaban J connectivity index is 2.38. The Morgan fingerprint density at radius 2 is 2.00 bits per heavy atom. The highest BCUT2D eigenvalue weighted by molar-refractivity contribution is 5.96. The van der Waals surface area contributed by atoms with Gasteiger partial charge in [-0.1, -0.05) is 30.3 Å². The van der Waals surface area contributed by atoms with Gasteiger partial charge in [-0.2, -0.15) is 0 Å². The van der Waals surface area contributed by atoms with E-state index in [1.807, 2.05) is 30.3 Å². The summed E-state index contributed by atoms with van der Waals surface area (Å²) in [5, 5.41) is 11.2. The zero-order valence-electron chi connectivity index (χ0n) is 8.59.